The van der Waals surface area contributed by atoms with E-state index in [1.807, 2.05) is 0 Å². The molecule has 2 aromatic heterocycles. The van der Waals surface area contributed by atoms with Crippen LogP contribution in [0.5, 0.6) is 0 Å². The van der Waals surface area contributed by atoms with E-state index in [4.69, 9.17) is 0 Å². The Bertz CT molecular complexity index is 400. The molecule has 0 fully saturated rings. The maximum absolute atomic E-state index is 13.0. The van der Waals surface area contributed by atoms with Crippen LogP contribution in [0.25, 0.3) is 0 Å². The number of H-pyrrole nitrogens is 1. The van der Waals surface area contributed by atoms with Gasteiger partial charge in [0.05, 0.1) is 6.20 Å². The summed E-state index contributed by atoms with van der Waals surface area (Å²) in [5, 5.41) is 9.23. The molecule has 0 amide bonds. The highest BCUT2D eigenvalue weighted by molar-refractivity contribution is 5.32. The van der Waals surface area contributed by atoms with Crippen molar-refractivity contribution >= 4 is 5.82 Å². The minimum absolute atomic E-state index is 0.147. The molecular formula is C8H8FN5. The molecule has 0 bridgehead atoms. The van der Waals surface area contributed by atoms with E-state index in [2.05, 4.69) is 25.5 Å². The summed E-state index contributed by atoms with van der Waals surface area (Å²) in [7, 11) is 0. The predicted octanol–water partition coefficient (Wildman–Crippen LogP) is 0.951. The van der Waals surface area contributed by atoms with Crippen molar-refractivity contribution in [2.75, 3.05) is 5.32 Å². The third-order valence-electron chi connectivity index (χ3n) is 1.67. The molecule has 6 heteroatoms. The van der Waals surface area contributed by atoms with Gasteiger partial charge in [-0.05, 0) is 0 Å². The Labute approximate surface area is 79.4 Å². The second kappa shape index (κ2) is 3.82. The first kappa shape index (κ1) is 8.61. The molecule has 5 nitrogen and oxygen atoms in total. The molecule has 0 unspecified atom stereocenters. The van der Waals surface area contributed by atoms with Crippen molar-refractivity contribution in [3.8, 4) is 0 Å². The largest absolute Gasteiger partial charge is 0.362 e. The van der Waals surface area contributed by atoms with Crippen molar-refractivity contribution in [1.29, 1.82) is 0 Å². The molecular weight excluding hydrogens is 185 g/mol. The van der Waals surface area contributed by atoms with Gasteiger partial charge in [-0.2, -0.15) is 9.49 Å². The first-order valence-electron chi connectivity index (χ1n) is 4.04. The van der Waals surface area contributed by atoms with Crippen molar-refractivity contribution in [2.45, 2.75) is 6.54 Å². The molecule has 0 aliphatic rings. The molecule has 2 rings (SSSR count). The van der Waals surface area contributed by atoms with Gasteiger partial charge in [-0.1, -0.05) is 0 Å². The summed E-state index contributed by atoms with van der Waals surface area (Å²) in [5.41, 5.74) is 0.926. The summed E-state index contributed by atoms with van der Waals surface area (Å²) in [5.74, 6) is -0.454. The van der Waals surface area contributed by atoms with E-state index in [1.54, 1.807) is 12.4 Å². The van der Waals surface area contributed by atoms with E-state index < -0.39 is 5.95 Å². The van der Waals surface area contributed by atoms with Crippen LogP contribution in [0.3, 0.4) is 0 Å². The molecule has 2 heterocycles. The number of nitrogens with zero attached hydrogens (tertiary/aromatic N) is 3. The predicted molar refractivity (Wildman–Crippen MR) is 47.9 cm³/mol. The first-order chi connectivity index (χ1) is 6.86. The minimum atomic E-state index is -0.601. The van der Waals surface area contributed by atoms with E-state index in [1.165, 1.54) is 12.4 Å². The van der Waals surface area contributed by atoms with Crippen LogP contribution in [0.2, 0.25) is 0 Å². The Morgan fingerprint density at radius 3 is 2.93 bits per heavy atom. The number of rotatable bonds is 3. The highest BCUT2D eigenvalue weighted by atomic mass is 19.1. The third-order valence-corrected chi connectivity index (χ3v) is 1.67. The van der Waals surface area contributed by atoms with Crippen LogP contribution in [0.1, 0.15) is 5.56 Å². The molecule has 0 radical (unpaired) electrons. The van der Waals surface area contributed by atoms with Gasteiger partial charge < -0.3 is 5.32 Å². The Balaban J connectivity index is 2.02. The number of hydrogen-bond acceptors (Lipinski definition) is 4. The summed E-state index contributed by atoms with van der Waals surface area (Å²) in [6.07, 6.45) is 6.11. The van der Waals surface area contributed by atoms with Crippen LogP contribution in [0.15, 0.2) is 24.8 Å². The normalized spacial score (nSPS) is 10.1. The highest BCUT2D eigenvalue weighted by Crippen LogP contribution is 2.06. The van der Waals surface area contributed by atoms with E-state index in [9.17, 15) is 4.39 Å². The smallest absolute Gasteiger partial charge is 0.255 e. The lowest BCUT2D eigenvalue weighted by molar-refractivity contribution is 0.580. The molecule has 0 saturated carbocycles. The zero-order valence-electron chi connectivity index (χ0n) is 7.24. The summed E-state index contributed by atoms with van der Waals surface area (Å²) in [4.78, 5) is 7.26. The standard InChI is InChI=1S/C8H8FN5/c9-7-8(11-2-1-10-7)12-3-6-4-13-14-5-6/h1-2,4-5H,3H2,(H,11,12)(H,13,14). The van der Waals surface area contributed by atoms with Gasteiger partial charge in [0.1, 0.15) is 0 Å². The lowest BCUT2D eigenvalue weighted by Gasteiger charge is -2.02. The molecule has 0 atom stereocenters. The summed E-state index contributed by atoms with van der Waals surface area (Å²) in [6.45, 7) is 0.464. The van der Waals surface area contributed by atoms with Crippen LogP contribution in [-0.2, 0) is 6.54 Å². The molecule has 2 aromatic rings. The second-order valence-corrected chi connectivity index (χ2v) is 2.66. The summed E-state index contributed by atoms with van der Waals surface area (Å²) < 4.78 is 13.0. The van der Waals surface area contributed by atoms with Gasteiger partial charge in [0.2, 0.25) is 0 Å². The molecule has 0 aromatic carbocycles. The van der Waals surface area contributed by atoms with Gasteiger partial charge in [-0.3, -0.25) is 5.10 Å². The average molecular weight is 193 g/mol. The first-order valence-corrected chi connectivity index (χ1v) is 4.04. The van der Waals surface area contributed by atoms with Gasteiger partial charge in [-0.15, -0.1) is 0 Å². The Hall–Kier alpha value is -1.98. The molecule has 0 spiro atoms. The van der Waals surface area contributed by atoms with Crippen molar-refractivity contribution in [1.82, 2.24) is 20.2 Å². The topological polar surface area (TPSA) is 66.5 Å². The molecule has 0 aliphatic heterocycles. The highest BCUT2D eigenvalue weighted by Gasteiger charge is 2.02. The van der Waals surface area contributed by atoms with Crippen LogP contribution >= 0.6 is 0 Å². The van der Waals surface area contributed by atoms with Crippen molar-refractivity contribution in [3.63, 3.8) is 0 Å². The fourth-order valence-electron chi connectivity index (χ4n) is 1.000. The van der Waals surface area contributed by atoms with Crippen molar-refractivity contribution in [2.24, 2.45) is 0 Å². The Morgan fingerprint density at radius 1 is 1.36 bits per heavy atom. The minimum Gasteiger partial charge on any atom is -0.362 e. The zero-order chi connectivity index (χ0) is 9.80. The van der Waals surface area contributed by atoms with Crippen LogP contribution < -0.4 is 5.32 Å². The van der Waals surface area contributed by atoms with Gasteiger partial charge >= 0.3 is 0 Å². The monoisotopic (exact) mass is 193 g/mol. The second-order valence-electron chi connectivity index (χ2n) is 2.66. The third kappa shape index (κ3) is 1.85. The van der Waals surface area contributed by atoms with Crippen LogP contribution in [0, 0.1) is 5.95 Å². The molecule has 72 valence electrons. The average Bonchev–Trinajstić information content (AvgIpc) is 2.69. The Kier molecular flexibility index (Phi) is 2.35. The Morgan fingerprint density at radius 2 is 2.21 bits per heavy atom. The lowest BCUT2D eigenvalue weighted by Crippen LogP contribution is -2.03. The number of aromatic amines is 1. The molecule has 0 aliphatic carbocycles. The number of nitrogens with one attached hydrogen (secondary N) is 2. The number of halogens is 1. The van der Waals surface area contributed by atoms with Crippen LogP contribution in [-0.4, -0.2) is 20.2 Å². The fourth-order valence-corrected chi connectivity index (χ4v) is 1.000. The van der Waals surface area contributed by atoms with Gasteiger partial charge in [0, 0.05) is 30.7 Å². The van der Waals surface area contributed by atoms with Gasteiger partial charge in [0.25, 0.3) is 5.95 Å². The molecule has 0 saturated heterocycles. The number of hydrogen-bond donors (Lipinski definition) is 2. The zero-order valence-corrected chi connectivity index (χ0v) is 7.24. The van der Waals surface area contributed by atoms with E-state index in [0.717, 1.165) is 5.56 Å². The maximum Gasteiger partial charge on any atom is 0.255 e. The quantitative estimate of drug-likeness (QED) is 0.761. The van der Waals surface area contributed by atoms with E-state index in [-0.39, 0.29) is 5.82 Å². The number of anilines is 1. The fraction of sp³-hybridized carbons (Fsp3) is 0.125. The molecule has 14 heavy (non-hydrogen) atoms. The van der Waals surface area contributed by atoms with E-state index in [0.29, 0.717) is 6.54 Å². The van der Waals surface area contributed by atoms with Crippen molar-refractivity contribution in [3.05, 3.63) is 36.3 Å². The van der Waals surface area contributed by atoms with Gasteiger partial charge in [0.15, 0.2) is 5.82 Å². The van der Waals surface area contributed by atoms with Crippen LogP contribution in [0.4, 0.5) is 10.2 Å². The van der Waals surface area contributed by atoms with E-state index >= 15 is 0 Å². The molecule has 2 N–H and O–H groups in total. The summed E-state index contributed by atoms with van der Waals surface area (Å²) in [6, 6.07) is 0. The maximum atomic E-state index is 13.0. The van der Waals surface area contributed by atoms with Crippen molar-refractivity contribution < 1.29 is 4.39 Å². The van der Waals surface area contributed by atoms with Gasteiger partial charge in [-0.25, -0.2) is 9.97 Å². The lowest BCUT2D eigenvalue weighted by atomic mass is 10.3. The number of aromatic nitrogens is 4. The SMILES string of the molecule is Fc1nccnc1NCc1cn[nH]c1. The summed E-state index contributed by atoms with van der Waals surface area (Å²) >= 11 is 0.